The van der Waals surface area contributed by atoms with Gasteiger partial charge in [0.15, 0.2) is 0 Å². The molecule has 2 aliphatic rings. The number of rotatable bonds is 3. The second-order valence-electron chi connectivity index (χ2n) is 6.46. The van der Waals surface area contributed by atoms with Gasteiger partial charge >= 0.3 is 6.18 Å². The molecule has 2 aliphatic heterocycles. The molecule has 3 rings (SSSR count). The number of nitro groups is 1. The fourth-order valence-corrected chi connectivity index (χ4v) is 3.40. The van der Waals surface area contributed by atoms with Crippen molar-refractivity contribution in [1.82, 2.24) is 10.2 Å². The summed E-state index contributed by atoms with van der Waals surface area (Å²) in [6.45, 7) is 2.95. The maximum atomic E-state index is 12.8. The van der Waals surface area contributed by atoms with E-state index in [4.69, 9.17) is 0 Å². The average Bonchev–Trinajstić information content (AvgIpc) is 3.14. The smallest absolute Gasteiger partial charge is 0.362 e. The number of hydrogen-bond acceptors (Lipinski definition) is 5. The van der Waals surface area contributed by atoms with Crippen LogP contribution in [0.4, 0.5) is 24.5 Å². The second-order valence-corrected chi connectivity index (χ2v) is 6.46. The Bertz CT molecular complexity index is 696. The SMILES string of the molecule is O=C(C1CCNC1)N1CCN(c2ccc(C(F)(F)F)cc2[N+](=O)[O-])CC1. The maximum Gasteiger partial charge on any atom is 0.416 e. The highest BCUT2D eigenvalue weighted by Gasteiger charge is 2.35. The number of alkyl halides is 3. The molecule has 26 heavy (non-hydrogen) atoms. The molecule has 0 saturated carbocycles. The van der Waals surface area contributed by atoms with Crippen LogP contribution in [0, 0.1) is 16.0 Å². The number of benzene rings is 1. The molecule has 0 bridgehead atoms. The van der Waals surface area contributed by atoms with Crippen molar-refractivity contribution in [3.63, 3.8) is 0 Å². The first-order valence-electron chi connectivity index (χ1n) is 8.37. The van der Waals surface area contributed by atoms with Gasteiger partial charge in [0.25, 0.3) is 5.69 Å². The van der Waals surface area contributed by atoms with Crippen LogP contribution < -0.4 is 10.2 Å². The monoisotopic (exact) mass is 372 g/mol. The Morgan fingerprint density at radius 1 is 1.23 bits per heavy atom. The van der Waals surface area contributed by atoms with E-state index in [1.54, 1.807) is 9.80 Å². The van der Waals surface area contributed by atoms with Crippen LogP contribution in [0.15, 0.2) is 18.2 Å². The van der Waals surface area contributed by atoms with E-state index < -0.39 is 22.4 Å². The molecule has 1 amide bonds. The van der Waals surface area contributed by atoms with E-state index in [-0.39, 0.29) is 17.5 Å². The van der Waals surface area contributed by atoms with Gasteiger partial charge in [-0.3, -0.25) is 14.9 Å². The zero-order valence-corrected chi connectivity index (χ0v) is 14.0. The predicted octanol–water partition coefficient (Wildman–Crippen LogP) is 1.87. The Balaban J connectivity index is 1.72. The summed E-state index contributed by atoms with van der Waals surface area (Å²) in [5.74, 6) is 0.0264. The van der Waals surface area contributed by atoms with E-state index in [1.807, 2.05) is 0 Å². The molecule has 1 N–H and O–H groups in total. The summed E-state index contributed by atoms with van der Waals surface area (Å²) in [5, 5.41) is 14.4. The van der Waals surface area contributed by atoms with Gasteiger partial charge in [0, 0.05) is 38.8 Å². The predicted molar refractivity (Wildman–Crippen MR) is 87.9 cm³/mol. The third-order valence-corrected chi connectivity index (χ3v) is 4.84. The van der Waals surface area contributed by atoms with Gasteiger partial charge in [-0.2, -0.15) is 13.2 Å². The van der Waals surface area contributed by atoms with Gasteiger partial charge in [0.1, 0.15) is 5.69 Å². The Hall–Kier alpha value is -2.36. The van der Waals surface area contributed by atoms with Crippen LogP contribution in [0.3, 0.4) is 0 Å². The fourth-order valence-electron chi connectivity index (χ4n) is 3.40. The molecule has 2 saturated heterocycles. The van der Waals surface area contributed by atoms with E-state index in [0.29, 0.717) is 38.8 Å². The number of anilines is 1. The van der Waals surface area contributed by atoms with Gasteiger partial charge in [0.2, 0.25) is 5.91 Å². The third-order valence-electron chi connectivity index (χ3n) is 4.84. The summed E-state index contributed by atoms with van der Waals surface area (Å²) < 4.78 is 38.4. The van der Waals surface area contributed by atoms with Crippen LogP contribution >= 0.6 is 0 Å². The van der Waals surface area contributed by atoms with Gasteiger partial charge < -0.3 is 15.1 Å². The number of nitrogens with one attached hydrogen (secondary N) is 1. The lowest BCUT2D eigenvalue weighted by molar-refractivity contribution is -0.384. The molecule has 0 aliphatic carbocycles. The first-order chi connectivity index (χ1) is 12.3. The molecule has 0 aromatic heterocycles. The molecule has 2 fully saturated rings. The molecule has 2 heterocycles. The van der Waals surface area contributed by atoms with Crippen LogP contribution in [-0.2, 0) is 11.0 Å². The van der Waals surface area contributed by atoms with E-state index in [2.05, 4.69) is 5.32 Å². The van der Waals surface area contributed by atoms with E-state index in [9.17, 15) is 28.1 Å². The largest absolute Gasteiger partial charge is 0.416 e. The van der Waals surface area contributed by atoms with E-state index >= 15 is 0 Å². The first-order valence-corrected chi connectivity index (χ1v) is 8.37. The number of carbonyl (C=O) groups excluding carboxylic acids is 1. The summed E-state index contributed by atoms with van der Waals surface area (Å²) >= 11 is 0. The molecule has 1 unspecified atom stereocenters. The van der Waals surface area contributed by atoms with Crippen molar-refractivity contribution in [2.24, 2.45) is 5.92 Å². The molecule has 1 aromatic rings. The first kappa shape index (κ1) is 18.4. The van der Waals surface area contributed by atoms with Crippen molar-refractivity contribution < 1.29 is 22.9 Å². The summed E-state index contributed by atoms with van der Waals surface area (Å²) in [6.07, 6.45) is -3.84. The Labute approximate surface area is 147 Å². The van der Waals surface area contributed by atoms with Crippen LogP contribution in [0.5, 0.6) is 0 Å². The minimum Gasteiger partial charge on any atom is -0.362 e. The molecular formula is C16H19F3N4O3. The molecule has 1 atom stereocenters. The second kappa shape index (κ2) is 7.10. The Kier molecular flexibility index (Phi) is 5.03. The summed E-state index contributed by atoms with van der Waals surface area (Å²) in [4.78, 5) is 26.2. The van der Waals surface area contributed by atoms with Gasteiger partial charge in [-0.25, -0.2) is 0 Å². The van der Waals surface area contributed by atoms with Crippen molar-refractivity contribution in [3.8, 4) is 0 Å². The fraction of sp³-hybridized carbons (Fsp3) is 0.562. The quantitative estimate of drug-likeness (QED) is 0.647. The molecule has 7 nitrogen and oxygen atoms in total. The molecular weight excluding hydrogens is 353 g/mol. The van der Waals surface area contributed by atoms with Crippen molar-refractivity contribution in [2.75, 3.05) is 44.2 Å². The number of hydrogen-bond donors (Lipinski definition) is 1. The van der Waals surface area contributed by atoms with Crippen molar-refractivity contribution in [3.05, 3.63) is 33.9 Å². The molecule has 0 radical (unpaired) electrons. The minimum absolute atomic E-state index is 0.0399. The minimum atomic E-state index is -4.64. The van der Waals surface area contributed by atoms with Gasteiger partial charge in [-0.15, -0.1) is 0 Å². The summed E-state index contributed by atoms with van der Waals surface area (Å²) in [7, 11) is 0. The number of carbonyl (C=O) groups is 1. The number of nitrogens with zero attached hydrogens (tertiary/aromatic N) is 3. The molecule has 1 aromatic carbocycles. The highest BCUT2D eigenvalue weighted by molar-refractivity contribution is 5.80. The number of nitro benzene ring substituents is 1. The van der Waals surface area contributed by atoms with Crippen LogP contribution in [0.25, 0.3) is 0 Å². The molecule has 142 valence electrons. The maximum absolute atomic E-state index is 12.8. The van der Waals surface area contributed by atoms with E-state index in [1.165, 1.54) is 0 Å². The normalized spacial score (nSPS) is 21.1. The lowest BCUT2D eigenvalue weighted by Gasteiger charge is -2.36. The van der Waals surface area contributed by atoms with Gasteiger partial charge in [-0.1, -0.05) is 0 Å². The standard InChI is InChI=1S/C16H19F3N4O3/c17-16(18,19)12-1-2-13(14(9-12)23(25)26)21-5-7-22(8-6-21)15(24)11-3-4-20-10-11/h1-2,9,11,20H,3-8,10H2. The summed E-state index contributed by atoms with van der Waals surface area (Å²) in [6, 6.07) is 2.56. The topological polar surface area (TPSA) is 78.7 Å². The van der Waals surface area contributed by atoms with Crippen molar-refractivity contribution >= 4 is 17.3 Å². The Morgan fingerprint density at radius 2 is 1.92 bits per heavy atom. The van der Waals surface area contributed by atoms with Crippen LogP contribution in [0.1, 0.15) is 12.0 Å². The number of amides is 1. The molecule has 0 spiro atoms. The van der Waals surface area contributed by atoms with Crippen LogP contribution in [-0.4, -0.2) is 55.0 Å². The Morgan fingerprint density at radius 3 is 2.46 bits per heavy atom. The van der Waals surface area contributed by atoms with Gasteiger partial charge in [-0.05, 0) is 25.1 Å². The summed E-state index contributed by atoms with van der Waals surface area (Å²) in [5.41, 5.74) is -1.47. The lowest BCUT2D eigenvalue weighted by atomic mass is 10.1. The average molecular weight is 372 g/mol. The number of piperazine rings is 1. The zero-order chi connectivity index (χ0) is 18.9. The van der Waals surface area contributed by atoms with Crippen molar-refractivity contribution in [1.29, 1.82) is 0 Å². The molecule has 10 heteroatoms. The number of halogens is 3. The highest BCUT2D eigenvalue weighted by Crippen LogP contribution is 2.36. The highest BCUT2D eigenvalue weighted by atomic mass is 19.4. The van der Waals surface area contributed by atoms with Gasteiger partial charge in [0.05, 0.1) is 16.4 Å². The van der Waals surface area contributed by atoms with Crippen LogP contribution in [0.2, 0.25) is 0 Å². The van der Waals surface area contributed by atoms with Crippen molar-refractivity contribution in [2.45, 2.75) is 12.6 Å². The lowest BCUT2D eigenvalue weighted by Crippen LogP contribution is -2.50. The van der Waals surface area contributed by atoms with E-state index in [0.717, 1.165) is 25.1 Å². The zero-order valence-electron chi connectivity index (χ0n) is 14.0. The third kappa shape index (κ3) is 3.74.